The molecule has 4 rings (SSSR count). The largest absolute Gasteiger partial charge is 0.457 e. The Hall–Kier alpha value is -5.20. The molecule has 1 aliphatic heterocycles. The second kappa shape index (κ2) is 16.1. The van der Waals surface area contributed by atoms with Crippen molar-refractivity contribution in [2.75, 3.05) is 6.54 Å². The number of nitrogens with one attached hydrogen (secondary N) is 3. The summed E-state index contributed by atoms with van der Waals surface area (Å²) in [7, 11) is 0. The monoisotopic (exact) mass is 658 g/mol. The maximum absolute atomic E-state index is 14.2. The third-order valence-electron chi connectivity index (χ3n) is 8.33. The number of aromatic nitrogens is 2. The Morgan fingerprint density at radius 3 is 2.29 bits per heavy atom. The van der Waals surface area contributed by atoms with E-state index in [1.165, 1.54) is 23.5 Å². The van der Waals surface area contributed by atoms with E-state index in [2.05, 4.69) is 25.9 Å². The summed E-state index contributed by atoms with van der Waals surface area (Å²) in [6.45, 7) is 8.62. The van der Waals surface area contributed by atoms with Gasteiger partial charge >= 0.3 is 5.97 Å². The molecule has 13 heteroatoms. The molecule has 1 fully saturated rings. The van der Waals surface area contributed by atoms with Crippen LogP contribution in [0.25, 0.3) is 10.8 Å². The highest BCUT2D eigenvalue weighted by atomic mass is 16.5. The highest BCUT2D eigenvalue weighted by Gasteiger charge is 2.45. The smallest absolute Gasteiger partial charge is 0.339 e. The van der Waals surface area contributed by atoms with Crippen LogP contribution in [0.5, 0.6) is 0 Å². The first kappa shape index (κ1) is 35.7. The maximum atomic E-state index is 14.2. The third-order valence-corrected chi connectivity index (χ3v) is 8.33. The Kier molecular flexibility index (Phi) is 11.9. The van der Waals surface area contributed by atoms with Gasteiger partial charge in [0, 0.05) is 18.8 Å². The number of benzene rings is 2. The van der Waals surface area contributed by atoms with Crippen molar-refractivity contribution in [3.05, 3.63) is 72.3 Å². The lowest BCUT2D eigenvalue weighted by Crippen LogP contribution is -2.59. The van der Waals surface area contributed by atoms with Crippen LogP contribution in [0.1, 0.15) is 68.3 Å². The Labute approximate surface area is 279 Å². The van der Waals surface area contributed by atoms with Crippen LogP contribution in [0.3, 0.4) is 0 Å². The summed E-state index contributed by atoms with van der Waals surface area (Å²) in [6.07, 6.45) is 4.17. The Balaban J connectivity index is 1.56. The van der Waals surface area contributed by atoms with Gasteiger partial charge in [0.2, 0.25) is 17.7 Å². The summed E-state index contributed by atoms with van der Waals surface area (Å²) in [6, 6.07) is 8.71. The topological polar surface area (TPSA) is 177 Å². The lowest BCUT2D eigenvalue weighted by molar-refractivity contribution is -0.143. The molecule has 1 saturated heterocycles. The van der Waals surface area contributed by atoms with E-state index in [0.717, 1.165) is 5.39 Å². The lowest BCUT2D eigenvalue weighted by Gasteiger charge is -2.32. The first-order valence-corrected chi connectivity index (χ1v) is 16.1. The number of carbonyl (C=O) groups is 6. The average Bonchev–Trinajstić information content (AvgIpc) is 3.51. The van der Waals surface area contributed by atoms with Gasteiger partial charge in [0.1, 0.15) is 36.2 Å². The molecular weight excluding hydrogens is 616 g/mol. The second-order valence-electron chi connectivity index (χ2n) is 12.5. The van der Waals surface area contributed by atoms with Gasteiger partial charge in [-0.1, -0.05) is 71.0 Å². The van der Waals surface area contributed by atoms with E-state index in [9.17, 15) is 28.8 Å². The van der Waals surface area contributed by atoms with Crippen molar-refractivity contribution in [2.45, 2.75) is 77.7 Å². The highest BCUT2D eigenvalue weighted by Crippen LogP contribution is 2.26. The van der Waals surface area contributed by atoms with Gasteiger partial charge in [-0.05, 0) is 35.1 Å². The fourth-order valence-electron chi connectivity index (χ4n) is 5.61. The number of nitrogens with zero attached hydrogens (tertiary/aromatic N) is 3. The molecule has 0 aliphatic carbocycles. The lowest BCUT2D eigenvalue weighted by atomic mass is 9.98. The zero-order chi connectivity index (χ0) is 35.0. The number of fused-ring (bicyclic) bond motifs is 1. The molecule has 0 saturated carbocycles. The van der Waals surface area contributed by atoms with Crippen molar-refractivity contribution >= 4 is 46.7 Å². The quantitative estimate of drug-likeness (QED) is 0.184. The summed E-state index contributed by atoms with van der Waals surface area (Å²) >= 11 is 0. The van der Waals surface area contributed by atoms with Gasteiger partial charge < -0.3 is 30.4 Å². The maximum Gasteiger partial charge on any atom is 0.339 e. The fraction of sp³-hybridized carbons (Fsp3) is 0.429. The van der Waals surface area contributed by atoms with Crippen molar-refractivity contribution in [3.8, 4) is 0 Å². The summed E-state index contributed by atoms with van der Waals surface area (Å²) in [5.74, 6) is -3.72. The van der Waals surface area contributed by atoms with E-state index in [-0.39, 0.29) is 24.6 Å². The van der Waals surface area contributed by atoms with Gasteiger partial charge in [-0.3, -0.25) is 24.2 Å². The molecule has 0 spiro atoms. The van der Waals surface area contributed by atoms with Crippen LogP contribution >= 0.6 is 0 Å². The van der Waals surface area contributed by atoms with Crippen LogP contribution in [-0.2, 0) is 23.9 Å². The van der Waals surface area contributed by atoms with Crippen LogP contribution < -0.4 is 16.0 Å². The number of amides is 4. The molecule has 254 valence electrons. The van der Waals surface area contributed by atoms with Crippen LogP contribution in [0.2, 0.25) is 0 Å². The summed E-state index contributed by atoms with van der Waals surface area (Å²) < 4.78 is 5.87. The summed E-state index contributed by atoms with van der Waals surface area (Å²) in [5.41, 5.74) is 0.379. The molecule has 1 unspecified atom stereocenters. The molecule has 1 aliphatic rings. The summed E-state index contributed by atoms with van der Waals surface area (Å²) in [5, 5.41) is 9.68. The van der Waals surface area contributed by atoms with E-state index in [4.69, 9.17) is 4.74 Å². The minimum Gasteiger partial charge on any atom is -0.457 e. The van der Waals surface area contributed by atoms with Gasteiger partial charge in [0.15, 0.2) is 0 Å². The standard InChI is InChI=1S/C35H42N6O7/c1-6-23(19-42)38-32(44)28-16-24(48-35(47)26-13-9-11-22-10-7-8-12-25(22)26)18-41(28)34(46)30(21(4)5)40-33(45)29(20(2)3)39-31(43)27-17-36-14-15-37-27/h7-15,17,19-21,23-24,28-30H,6,16,18H2,1-5H3,(H,38,44)(H,39,43)(H,40,45)/t23?,24-,28+,29-,30-/m1/s1. The SMILES string of the molecule is CCC(C=O)NC(=O)[C@@H]1C[C@@H](OC(=O)c2cccc3ccccc23)CN1C(=O)[C@H](NC(=O)[C@H](NC(=O)c1cnccn1)C(C)C)C(C)C. The van der Waals surface area contributed by atoms with Crippen molar-refractivity contribution in [3.63, 3.8) is 0 Å². The number of hydrogen-bond acceptors (Lipinski definition) is 9. The van der Waals surface area contributed by atoms with Crippen LogP contribution in [-0.4, -0.2) is 87.6 Å². The number of aldehydes is 1. The Bertz CT molecular complexity index is 1640. The minimum atomic E-state index is -1.09. The molecule has 48 heavy (non-hydrogen) atoms. The molecular formula is C35H42N6O7. The van der Waals surface area contributed by atoms with E-state index < -0.39 is 65.8 Å². The molecule has 1 aromatic heterocycles. The Morgan fingerprint density at radius 1 is 0.938 bits per heavy atom. The van der Waals surface area contributed by atoms with E-state index in [1.54, 1.807) is 46.8 Å². The zero-order valence-corrected chi connectivity index (χ0v) is 27.7. The predicted octanol–water partition coefficient (Wildman–Crippen LogP) is 2.45. The molecule has 2 aromatic carbocycles. The summed E-state index contributed by atoms with van der Waals surface area (Å²) in [4.78, 5) is 88.1. The van der Waals surface area contributed by atoms with Crippen molar-refractivity contribution in [1.82, 2.24) is 30.8 Å². The van der Waals surface area contributed by atoms with Gasteiger partial charge in [0.25, 0.3) is 5.91 Å². The molecule has 0 bridgehead atoms. The van der Waals surface area contributed by atoms with Crippen molar-refractivity contribution < 1.29 is 33.5 Å². The molecule has 4 amide bonds. The first-order valence-electron chi connectivity index (χ1n) is 16.1. The fourth-order valence-corrected chi connectivity index (χ4v) is 5.61. The van der Waals surface area contributed by atoms with E-state index in [1.807, 2.05) is 30.3 Å². The molecule has 3 aromatic rings. The van der Waals surface area contributed by atoms with E-state index in [0.29, 0.717) is 23.7 Å². The van der Waals surface area contributed by atoms with Gasteiger partial charge in [-0.15, -0.1) is 0 Å². The number of esters is 1. The number of ether oxygens (including phenoxy) is 1. The van der Waals surface area contributed by atoms with Gasteiger partial charge in [0.05, 0.1) is 24.3 Å². The number of likely N-dealkylation sites (tertiary alicyclic amines) is 1. The van der Waals surface area contributed by atoms with Gasteiger partial charge in [-0.2, -0.15) is 0 Å². The van der Waals surface area contributed by atoms with Crippen LogP contribution in [0.15, 0.2) is 61.1 Å². The van der Waals surface area contributed by atoms with E-state index >= 15 is 0 Å². The molecule has 5 atom stereocenters. The normalized spacial score (nSPS) is 17.8. The van der Waals surface area contributed by atoms with Crippen LogP contribution in [0.4, 0.5) is 0 Å². The zero-order valence-electron chi connectivity index (χ0n) is 27.7. The highest BCUT2D eigenvalue weighted by molar-refractivity contribution is 6.04. The third kappa shape index (κ3) is 8.38. The first-order chi connectivity index (χ1) is 22.9. The van der Waals surface area contributed by atoms with Crippen LogP contribution in [0, 0.1) is 11.8 Å². The van der Waals surface area contributed by atoms with Crippen molar-refractivity contribution in [2.24, 2.45) is 11.8 Å². The predicted molar refractivity (Wildman–Crippen MR) is 176 cm³/mol. The number of carbonyl (C=O) groups excluding carboxylic acids is 6. The molecule has 0 radical (unpaired) electrons. The Morgan fingerprint density at radius 2 is 1.65 bits per heavy atom. The minimum absolute atomic E-state index is 0.00901. The van der Waals surface area contributed by atoms with Crippen molar-refractivity contribution in [1.29, 1.82) is 0 Å². The second-order valence-corrected chi connectivity index (χ2v) is 12.5. The van der Waals surface area contributed by atoms with Gasteiger partial charge in [-0.25, -0.2) is 9.78 Å². The number of hydrogen-bond donors (Lipinski definition) is 3. The average molecular weight is 659 g/mol. The molecule has 2 heterocycles. The number of rotatable bonds is 13. The molecule has 3 N–H and O–H groups in total. The molecule has 13 nitrogen and oxygen atoms in total.